The van der Waals surface area contributed by atoms with Gasteiger partial charge < -0.3 is 0 Å². The van der Waals surface area contributed by atoms with Crippen molar-refractivity contribution in [3.05, 3.63) is 35.2 Å². The zero-order chi connectivity index (χ0) is 16.9. The van der Waals surface area contributed by atoms with Gasteiger partial charge in [0.2, 0.25) is 0 Å². The minimum atomic E-state index is -4.45. The van der Waals surface area contributed by atoms with Crippen molar-refractivity contribution in [3.8, 4) is 0 Å². The molecule has 0 aliphatic rings. The first-order valence-electron chi connectivity index (χ1n) is 7.19. The van der Waals surface area contributed by atoms with Gasteiger partial charge in [0.25, 0.3) is 0 Å². The smallest absolute Gasteiger partial charge is 0.253 e. The number of aromatic nitrogens is 2. The largest absolute Gasteiger partial charge is 0.418 e. The van der Waals surface area contributed by atoms with E-state index < -0.39 is 17.2 Å². The van der Waals surface area contributed by atoms with Crippen LogP contribution in [0, 0.1) is 0 Å². The van der Waals surface area contributed by atoms with Gasteiger partial charge in [-0.05, 0) is 23.1 Å². The maximum Gasteiger partial charge on any atom is 0.418 e. The number of fused-ring (bicyclic) bond motifs is 1. The van der Waals surface area contributed by atoms with Gasteiger partial charge in [0, 0.05) is 11.6 Å². The molecule has 0 aliphatic heterocycles. The highest BCUT2D eigenvalue weighted by molar-refractivity contribution is 5.80. The average Bonchev–Trinajstić information content (AvgIpc) is 2.33. The molecule has 120 valence electrons. The molecule has 2 aromatic rings. The van der Waals surface area contributed by atoms with Crippen molar-refractivity contribution >= 4 is 11.0 Å². The Hall–Kier alpha value is -1.65. The van der Waals surface area contributed by atoms with Crippen molar-refractivity contribution < 1.29 is 13.2 Å². The lowest BCUT2D eigenvalue weighted by Gasteiger charge is -2.23. The molecule has 0 saturated carbocycles. The topological polar surface area (TPSA) is 25.8 Å². The van der Waals surface area contributed by atoms with E-state index in [1.807, 2.05) is 41.5 Å². The van der Waals surface area contributed by atoms with E-state index in [0.717, 1.165) is 0 Å². The second-order valence-corrected chi connectivity index (χ2v) is 7.64. The van der Waals surface area contributed by atoms with Crippen LogP contribution in [0.1, 0.15) is 58.4 Å². The Bertz CT molecular complexity index is 705. The van der Waals surface area contributed by atoms with Crippen molar-refractivity contribution in [1.82, 2.24) is 9.97 Å². The molecule has 0 aliphatic carbocycles. The molecule has 2 nitrogen and oxygen atoms in total. The van der Waals surface area contributed by atoms with Gasteiger partial charge in [0.1, 0.15) is 5.52 Å². The Kier molecular flexibility index (Phi) is 3.75. The second kappa shape index (κ2) is 4.93. The Morgan fingerprint density at radius 2 is 1.45 bits per heavy atom. The van der Waals surface area contributed by atoms with Crippen LogP contribution in [0.15, 0.2) is 18.3 Å². The predicted molar refractivity (Wildman–Crippen MR) is 81.9 cm³/mol. The summed E-state index contributed by atoms with van der Waals surface area (Å²) < 4.78 is 40.3. The molecule has 5 heteroatoms. The van der Waals surface area contributed by atoms with Gasteiger partial charge >= 0.3 is 6.18 Å². The van der Waals surface area contributed by atoms with Gasteiger partial charge in [-0.25, -0.2) is 4.98 Å². The first-order chi connectivity index (χ1) is 9.80. The molecule has 0 atom stereocenters. The van der Waals surface area contributed by atoms with Crippen molar-refractivity contribution in [3.63, 3.8) is 0 Å². The second-order valence-electron chi connectivity index (χ2n) is 7.64. The monoisotopic (exact) mass is 310 g/mol. The van der Waals surface area contributed by atoms with E-state index in [-0.39, 0.29) is 16.4 Å². The van der Waals surface area contributed by atoms with Crippen LogP contribution in [0.25, 0.3) is 11.0 Å². The van der Waals surface area contributed by atoms with Crippen molar-refractivity contribution in [2.75, 3.05) is 0 Å². The van der Waals surface area contributed by atoms with Crippen LogP contribution >= 0.6 is 0 Å². The van der Waals surface area contributed by atoms with E-state index >= 15 is 0 Å². The first-order valence-corrected chi connectivity index (χ1v) is 7.19. The summed E-state index contributed by atoms with van der Waals surface area (Å²) in [6.45, 7) is 11.3. The number of hydrogen-bond donors (Lipinski definition) is 0. The number of hydrogen-bond acceptors (Lipinski definition) is 2. The van der Waals surface area contributed by atoms with Gasteiger partial charge in [-0.2, -0.15) is 13.2 Å². The molecule has 0 amide bonds. The molecule has 1 aromatic carbocycles. The van der Waals surface area contributed by atoms with E-state index in [1.165, 1.54) is 6.07 Å². The summed E-state index contributed by atoms with van der Waals surface area (Å²) in [5.41, 5.74) is -0.0981. The third-order valence-electron chi connectivity index (χ3n) is 3.59. The highest BCUT2D eigenvalue weighted by atomic mass is 19.4. The summed E-state index contributed by atoms with van der Waals surface area (Å²) >= 11 is 0. The lowest BCUT2D eigenvalue weighted by atomic mass is 9.85. The van der Waals surface area contributed by atoms with Crippen LogP contribution in [-0.4, -0.2) is 9.97 Å². The van der Waals surface area contributed by atoms with E-state index in [0.29, 0.717) is 11.3 Å². The molecule has 0 N–H and O–H groups in total. The Balaban J connectivity index is 2.84. The Morgan fingerprint density at radius 3 is 1.91 bits per heavy atom. The molecule has 2 rings (SSSR count). The normalized spacial score (nSPS) is 13.7. The minimum Gasteiger partial charge on any atom is -0.253 e. The standard InChI is InChI=1S/C17H21F3N2/c1-15(2,3)10-7-11(17(18,19)20)14-12(8-10)21-9-13(22-14)16(4,5)6/h7-9H,1-6H3. The van der Waals surface area contributed by atoms with E-state index in [9.17, 15) is 13.2 Å². The molecule has 0 unspecified atom stereocenters. The zero-order valence-electron chi connectivity index (χ0n) is 13.8. The van der Waals surface area contributed by atoms with Crippen LogP contribution in [0.4, 0.5) is 13.2 Å². The van der Waals surface area contributed by atoms with Gasteiger partial charge in [0.15, 0.2) is 0 Å². The number of nitrogens with zero attached hydrogens (tertiary/aromatic N) is 2. The SMILES string of the molecule is CC(C)(C)c1cc(C(F)(F)F)c2nc(C(C)(C)C)cnc2c1. The lowest BCUT2D eigenvalue weighted by molar-refractivity contribution is -0.136. The minimum absolute atomic E-state index is 0.0760. The summed E-state index contributed by atoms with van der Waals surface area (Å²) in [4.78, 5) is 8.49. The average molecular weight is 310 g/mol. The predicted octanol–water partition coefficient (Wildman–Crippen LogP) is 5.24. The summed E-state index contributed by atoms with van der Waals surface area (Å²) in [6, 6.07) is 2.90. The number of alkyl halides is 3. The summed E-state index contributed by atoms with van der Waals surface area (Å²) in [5, 5.41) is 0. The molecule has 1 aromatic heterocycles. The van der Waals surface area contributed by atoms with Crippen molar-refractivity contribution in [2.24, 2.45) is 0 Å². The molecule has 0 spiro atoms. The fourth-order valence-corrected chi connectivity index (χ4v) is 2.13. The molecule has 1 heterocycles. The van der Waals surface area contributed by atoms with Crippen LogP contribution in [0.2, 0.25) is 0 Å². The molecule has 0 bridgehead atoms. The highest BCUT2D eigenvalue weighted by Crippen LogP contribution is 2.37. The van der Waals surface area contributed by atoms with Crippen LogP contribution in [0.3, 0.4) is 0 Å². The van der Waals surface area contributed by atoms with Crippen molar-refractivity contribution in [2.45, 2.75) is 58.5 Å². The van der Waals surface area contributed by atoms with Crippen LogP contribution < -0.4 is 0 Å². The number of benzene rings is 1. The van der Waals surface area contributed by atoms with Gasteiger partial charge in [-0.15, -0.1) is 0 Å². The lowest BCUT2D eigenvalue weighted by Crippen LogP contribution is -2.18. The van der Waals surface area contributed by atoms with E-state index in [1.54, 1.807) is 12.3 Å². The molecule has 22 heavy (non-hydrogen) atoms. The summed E-state index contributed by atoms with van der Waals surface area (Å²) in [5.74, 6) is 0. The van der Waals surface area contributed by atoms with E-state index in [2.05, 4.69) is 9.97 Å². The third kappa shape index (κ3) is 3.23. The van der Waals surface area contributed by atoms with Crippen molar-refractivity contribution in [1.29, 1.82) is 0 Å². The molecule has 0 fully saturated rings. The van der Waals surface area contributed by atoms with Crippen LogP contribution in [-0.2, 0) is 17.0 Å². The van der Waals surface area contributed by atoms with Gasteiger partial charge in [-0.3, -0.25) is 4.98 Å². The third-order valence-corrected chi connectivity index (χ3v) is 3.59. The summed E-state index contributed by atoms with van der Waals surface area (Å²) in [7, 11) is 0. The fraction of sp³-hybridized carbons (Fsp3) is 0.529. The zero-order valence-corrected chi connectivity index (χ0v) is 13.8. The first kappa shape index (κ1) is 16.7. The number of halogens is 3. The summed E-state index contributed by atoms with van der Waals surface area (Å²) in [6.07, 6.45) is -2.89. The fourth-order valence-electron chi connectivity index (χ4n) is 2.13. The molecular formula is C17H21F3N2. The molecule has 0 radical (unpaired) electrons. The Morgan fingerprint density at radius 1 is 0.864 bits per heavy atom. The quantitative estimate of drug-likeness (QED) is 0.664. The number of rotatable bonds is 0. The molecular weight excluding hydrogens is 289 g/mol. The highest BCUT2D eigenvalue weighted by Gasteiger charge is 2.35. The van der Waals surface area contributed by atoms with Crippen LogP contribution in [0.5, 0.6) is 0 Å². The molecule has 0 saturated heterocycles. The maximum absolute atomic E-state index is 13.4. The van der Waals surface area contributed by atoms with Gasteiger partial charge in [0.05, 0.1) is 16.8 Å². The maximum atomic E-state index is 13.4. The Labute approximate surface area is 128 Å². The van der Waals surface area contributed by atoms with Gasteiger partial charge in [-0.1, -0.05) is 41.5 Å². The van der Waals surface area contributed by atoms with E-state index in [4.69, 9.17) is 0 Å².